The van der Waals surface area contributed by atoms with Crippen LogP contribution in [-0.2, 0) is 9.59 Å². The average molecular weight is 497 g/mol. The number of benzene rings is 2. The lowest BCUT2D eigenvalue weighted by Gasteiger charge is -2.28. The second kappa shape index (κ2) is 11.9. The molecule has 1 fully saturated rings. The van der Waals surface area contributed by atoms with Gasteiger partial charge in [0, 0.05) is 18.7 Å². The summed E-state index contributed by atoms with van der Waals surface area (Å²) in [5.41, 5.74) is 1.92. The number of nitrogens with zero attached hydrogens (tertiary/aromatic N) is 2. The van der Waals surface area contributed by atoms with Crippen LogP contribution in [0, 0.1) is 6.92 Å². The van der Waals surface area contributed by atoms with Gasteiger partial charge in [0.1, 0.15) is 11.5 Å². The van der Waals surface area contributed by atoms with Crippen LogP contribution in [0.3, 0.4) is 0 Å². The van der Waals surface area contributed by atoms with Crippen molar-refractivity contribution in [2.75, 3.05) is 47.0 Å². The molecule has 1 heterocycles. The normalized spacial score (nSPS) is 17.1. The number of ketones is 1. The summed E-state index contributed by atoms with van der Waals surface area (Å²) in [6.07, 6.45) is 0. The largest absolute Gasteiger partial charge is 0.507 e. The standard InChI is InChI=1S/C28H36N2O6/c1-7-29(8-2)14-15-30-25(19-10-13-22(34-5)23(17-19)35-6)24(27(32)28(30)33)26(31)21-12-11-20(36-9-3)16-18(21)4/h10-13,16-17,25,31H,7-9,14-15H2,1-6H3/t25-/m1/s1. The van der Waals surface area contributed by atoms with Crippen LogP contribution in [0.1, 0.15) is 43.5 Å². The molecule has 1 N–H and O–H groups in total. The fraction of sp³-hybridized carbons (Fsp3) is 0.429. The number of ether oxygens (including phenoxy) is 3. The van der Waals surface area contributed by atoms with Crippen molar-refractivity contribution in [3.05, 3.63) is 58.7 Å². The number of methoxy groups -OCH3 is 2. The van der Waals surface area contributed by atoms with Crippen LogP contribution < -0.4 is 14.2 Å². The maximum atomic E-state index is 13.4. The minimum atomic E-state index is -0.772. The van der Waals surface area contributed by atoms with Crippen molar-refractivity contribution in [3.63, 3.8) is 0 Å². The van der Waals surface area contributed by atoms with E-state index in [0.29, 0.717) is 48.1 Å². The fourth-order valence-corrected chi connectivity index (χ4v) is 4.57. The SMILES string of the molecule is CCOc1ccc(C(O)=C2C(=O)C(=O)N(CCN(CC)CC)[C@@H]2c2ccc(OC)c(OC)c2)c(C)c1. The Morgan fingerprint density at radius 3 is 2.28 bits per heavy atom. The van der Waals surface area contributed by atoms with Crippen molar-refractivity contribution in [1.82, 2.24) is 9.80 Å². The van der Waals surface area contributed by atoms with Gasteiger partial charge in [-0.1, -0.05) is 19.9 Å². The molecule has 1 aliphatic heterocycles. The third kappa shape index (κ3) is 5.33. The zero-order valence-corrected chi connectivity index (χ0v) is 22.0. The number of carbonyl (C=O) groups is 2. The number of aryl methyl sites for hydroxylation is 1. The quantitative estimate of drug-likeness (QED) is 0.284. The molecule has 36 heavy (non-hydrogen) atoms. The Morgan fingerprint density at radius 2 is 1.69 bits per heavy atom. The minimum Gasteiger partial charge on any atom is -0.507 e. The average Bonchev–Trinajstić information content (AvgIpc) is 3.13. The summed E-state index contributed by atoms with van der Waals surface area (Å²) < 4.78 is 16.4. The van der Waals surface area contributed by atoms with Crippen LogP contribution >= 0.6 is 0 Å². The Balaban J connectivity index is 2.16. The first kappa shape index (κ1) is 27.1. The maximum Gasteiger partial charge on any atom is 0.295 e. The Labute approximate surface area is 213 Å². The van der Waals surface area contributed by atoms with E-state index < -0.39 is 17.7 Å². The molecule has 0 radical (unpaired) electrons. The summed E-state index contributed by atoms with van der Waals surface area (Å²) in [6, 6.07) is 9.77. The Hall–Kier alpha value is -3.52. The van der Waals surface area contributed by atoms with Crippen LogP contribution in [-0.4, -0.2) is 73.6 Å². The van der Waals surface area contributed by atoms with E-state index >= 15 is 0 Å². The van der Waals surface area contributed by atoms with Gasteiger partial charge in [-0.05, 0) is 68.4 Å². The van der Waals surface area contributed by atoms with E-state index in [2.05, 4.69) is 18.7 Å². The minimum absolute atomic E-state index is 0.0547. The number of hydrogen-bond acceptors (Lipinski definition) is 7. The van der Waals surface area contributed by atoms with Crippen LogP contribution in [0.2, 0.25) is 0 Å². The van der Waals surface area contributed by atoms with Crippen molar-refractivity contribution in [2.45, 2.75) is 33.7 Å². The third-order valence-corrected chi connectivity index (χ3v) is 6.58. The highest BCUT2D eigenvalue weighted by Crippen LogP contribution is 2.42. The zero-order valence-electron chi connectivity index (χ0n) is 22.0. The summed E-state index contributed by atoms with van der Waals surface area (Å²) in [6.45, 7) is 10.9. The number of aliphatic hydroxyl groups excluding tert-OH is 1. The number of Topliss-reactive ketones (excluding diaryl/α,β-unsaturated/α-hetero) is 1. The molecular formula is C28H36N2O6. The van der Waals surface area contributed by atoms with E-state index in [1.165, 1.54) is 12.0 Å². The van der Waals surface area contributed by atoms with Crippen molar-refractivity contribution >= 4 is 17.4 Å². The van der Waals surface area contributed by atoms with Gasteiger partial charge in [-0.15, -0.1) is 0 Å². The lowest BCUT2D eigenvalue weighted by Crippen LogP contribution is -2.38. The molecule has 2 aromatic rings. The van der Waals surface area contributed by atoms with E-state index in [9.17, 15) is 14.7 Å². The van der Waals surface area contributed by atoms with Crippen LogP contribution in [0.25, 0.3) is 5.76 Å². The number of carbonyl (C=O) groups excluding carboxylic acids is 2. The number of hydrogen-bond donors (Lipinski definition) is 1. The molecule has 0 bridgehead atoms. The van der Waals surface area contributed by atoms with Crippen LogP contribution in [0.5, 0.6) is 17.2 Å². The third-order valence-electron chi connectivity index (χ3n) is 6.58. The lowest BCUT2D eigenvalue weighted by atomic mass is 9.93. The molecule has 1 atom stereocenters. The molecule has 2 aromatic carbocycles. The van der Waals surface area contributed by atoms with E-state index in [1.54, 1.807) is 43.5 Å². The summed E-state index contributed by atoms with van der Waals surface area (Å²) in [5, 5.41) is 11.4. The number of aliphatic hydroxyl groups is 1. The molecule has 8 nitrogen and oxygen atoms in total. The molecule has 1 amide bonds. The first-order valence-corrected chi connectivity index (χ1v) is 12.3. The van der Waals surface area contributed by atoms with Gasteiger partial charge in [0.05, 0.1) is 32.4 Å². The van der Waals surface area contributed by atoms with Gasteiger partial charge in [0.25, 0.3) is 11.7 Å². The van der Waals surface area contributed by atoms with E-state index in [4.69, 9.17) is 14.2 Å². The smallest absolute Gasteiger partial charge is 0.295 e. The summed E-state index contributed by atoms with van der Waals surface area (Å²) in [4.78, 5) is 30.3. The van der Waals surface area contributed by atoms with E-state index in [0.717, 1.165) is 18.7 Å². The molecule has 194 valence electrons. The predicted octanol–water partition coefficient (Wildman–Crippen LogP) is 4.17. The van der Waals surface area contributed by atoms with Crippen molar-refractivity contribution in [3.8, 4) is 17.2 Å². The number of likely N-dealkylation sites (tertiary alicyclic amines) is 1. The Kier molecular flexibility index (Phi) is 8.98. The molecular weight excluding hydrogens is 460 g/mol. The molecule has 3 rings (SSSR count). The highest BCUT2D eigenvalue weighted by Gasteiger charge is 2.46. The molecule has 8 heteroatoms. The fourth-order valence-electron chi connectivity index (χ4n) is 4.57. The first-order chi connectivity index (χ1) is 17.3. The molecule has 0 saturated carbocycles. The van der Waals surface area contributed by atoms with Crippen LogP contribution in [0.15, 0.2) is 42.0 Å². The predicted molar refractivity (Wildman–Crippen MR) is 139 cm³/mol. The number of likely N-dealkylation sites (N-methyl/N-ethyl adjacent to an activating group) is 1. The van der Waals surface area contributed by atoms with Crippen molar-refractivity contribution in [1.29, 1.82) is 0 Å². The van der Waals surface area contributed by atoms with Gasteiger partial charge in [-0.25, -0.2) is 0 Å². The molecule has 1 aliphatic rings. The lowest BCUT2D eigenvalue weighted by molar-refractivity contribution is -0.140. The highest BCUT2D eigenvalue weighted by atomic mass is 16.5. The number of rotatable bonds is 11. The Morgan fingerprint density at radius 1 is 1.00 bits per heavy atom. The molecule has 0 spiro atoms. The van der Waals surface area contributed by atoms with Gasteiger partial charge < -0.3 is 29.1 Å². The van der Waals surface area contributed by atoms with Gasteiger partial charge in [0.15, 0.2) is 11.5 Å². The summed E-state index contributed by atoms with van der Waals surface area (Å²) in [5.74, 6) is 0.124. The van der Waals surface area contributed by atoms with Gasteiger partial charge in [-0.2, -0.15) is 0 Å². The first-order valence-electron chi connectivity index (χ1n) is 12.3. The second-order valence-corrected chi connectivity index (χ2v) is 8.54. The molecule has 1 saturated heterocycles. The van der Waals surface area contributed by atoms with Crippen LogP contribution in [0.4, 0.5) is 0 Å². The van der Waals surface area contributed by atoms with Gasteiger partial charge in [-0.3, -0.25) is 9.59 Å². The summed E-state index contributed by atoms with van der Waals surface area (Å²) in [7, 11) is 3.07. The van der Waals surface area contributed by atoms with Gasteiger partial charge >= 0.3 is 0 Å². The topological polar surface area (TPSA) is 88.5 Å². The van der Waals surface area contributed by atoms with E-state index in [-0.39, 0.29) is 11.3 Å². The van der Waals surface area contributed by atoms with Crippen molar-refractivity contribution in [2.24, 2.45) is 0 Å². The van der Waals surface area contributed by atoms with Gasteiger partial charge in [0.2, 0.25) is 0 Å². The highest BCUT2D eigenvalue weighted by molar-refractivity contribution is 6.46. The second-order valence-electron chi connectivity index (χ2n) is 8.54. The Bertz CT molecular complexity index is 1140. The summed E-state index contributed by atoms with van der Waals surface area (Å²) >= 11 is 0. The molecule has 0 aromatic heterocycles. The van der Waals surface area contributed by atoms with E-state index in [1.807, 2.05) is 13.8 Å². The molecule has 0 unspecified atom stereocenters. The number of amides is 1. The zero-order chi connectivity index (χ0) is 26.4. The maximum absolute atomic E-state index is 13.4. The monoisotopic (exact) mass is 496 g/mol. The van der Waals surface area contributed by atoms with Crippen molar-refractivity contribution < 1.29 is 28.9 Å². The molecule has 0 aliphatic carbocycles.